The molecule has 0 saturated carbocycles. The molecule has 0 N–H and O–H groups in total. The molecule has 27 heavy (non-hydrogen) atoms. The maximum absolute atomic E-state index is 13.3. The van der Waals surface area contributed by atoms with Crippen molar-refractivity contribution in [1.82, 2.24) is 4.90 Å². The molecule has 2 saturated heterocycles. The highest BCUT2D eigenvalue weighted by molar-refractivity contribution is 7.91. The highest BCUT2D eigenvalue weighted by Crippen LogP contribution is 2.36. The van der Waals surface area contributed by atoms with Gasteiger partial charge in [-0.15, -0.1) is 0 Å². The maximum atomic E-state index is 13.3. The number of benzene rings is 2. The Balaban J connectivity index is 1.72. The SMILES string of the molecule is Cc1cc(C)cc(N2C(=O)N(Cc3ccc(Cl)cc3)C3CS(=O)(=O)CC32)c1. The fourth-order valence-electron chi connectivity index (χ4n) is 4.14. The molecule has 0 spiro atoms. The number of hydrogen-bond donors (Lipinski definition) is 0. The molecule has 5 nitrogen and oxygen atoms in total. The minimum atomic E-state index is -3.18. The number of carbonyl (C=O) groups excluding carboxylic acids is 1. The third-order valence-corrected chi connectivity index (χ3v) is 7.18. The van der Waals surface area contributed by atoms with Gasteiger partial charge in [-0.1, -0.05) is 29.8 Å². The summed E-state index contributed by atoms with van der Waals surface area (Å²) < 4.78 is 24.6. The van der Waals surface area contributed by atoms with Gasteiger partial charge in [-0.2, -0.15) is 0 Å². The molecule has 2 unspecified atom stereocenters. The molecule has 2 heterocycles. The summed E-state index contributed by atoms with van der Waals surface area (Å²) in [7, 11) is -3.18. The minimum Gasteiger partial charge on any atom is -0.314 e. The van der Waals surface area contributed by atoms with E-state index in [9.17, 15) is 13.2 Å². The summed E-state index contributed by atoms with van der Waals surface area (Å²) in [5.41, 5.74) is 3.79. The molecule has 0 aliphatic carbocycles. The quantitative estimate of drug-likeness (QED) is 0.735. The summed E-state index contributed by atoms with van der Waals surface area (Å²) in [5.74, 6) is 0.0197. The van der Waals surface area contributed by atoms with Crippen LogP contribution in [0.15, 0.2) is 42.5 Å². The summed E-state index contributed by atoms with van der Waals surface area (Å²) in [6.45, 7) is 4.32. The number of hydrogen-bond acceptors (Lipinski definition) is 3. The lowest BCUT2D eigenvalue weighted by molar-refractivity contribution is 0.206. The van der Waals surface area contributed by atoms with Gasteiger partial charge in [0.05, 0.1) is 23.6 Å². The van der Waals surface area contributed by atoms with Crippen LogP contribution in [0.25, 0.3) is 0 Å². The van der Waals surface area contributed by atoms with E-state index >= 15 is 0 Å². The Hall–Kier alpha value is -2.05. The first-order valence-corrected chi connectivity index (χ1v) is 11.1. The van der Waals surface area contributed by atoms with Gasteiger partial charge in [0.25, 0.3) is 0 Å². The number of rotatable bonds is 3. The third-order valence-electron chi connectivity index (χ3n) is 5.23. The average Bonchev–Trinajstić information content (AvgIpc) is 2.99. The van der Waals surface area contributed by atoms with Crippen molar-refractivity contribution in [2.45, 2.75) is 32.5 Å². The summed E-state index contributed by atoms with van der Waals surface area (Å²) in [5, 5.41) is 0.629. The first-order chi connectivity index (χ1) is 12.7. The Bertz CT molecular complexity index is 984. The van der Waals surface area contributed by atoms with E-state index in [2.05, 4.69) is 0 Å². The second kappa shape index (κ2) is 6.53. The smallest absolute Gasteiger partial charge is 0.314 e. The van der Waals surface area contributed by atoms with E-state index in [-0.39, 0.29) is 29.6 Å². The number of sulfone groups is 1. The van der Waals surface area contributed by atoms with Crippen LogP contribution in [0, 0.1) is 13.8 Å². The molecule has 2 aromatic rings. The summed E-state index contributed by atoms with van der Waals surface area (Å²) >= 11 is 5.95. The van der Waals surface area contributed by atoms with Crippen LogP contribution in [-0.4, -0.2) is 42.9 Å². The Labute approximate surface area is 164 Å². The predicted octanol–water partition coefficient (Wildman–Crippen LogP) is 3.56. The average molecular weight is 405 g/mol. The van der Waals surface area contributed by atoms with Crippen LogP contribution in [0.1, 0.15) is 16.7 Å². The lowest BCUT2D eigenvalue weighted by Gasteiger charge is -2.23. The van der Waals surface area contributed by atoms with Crippen molar-refractivity contribution >= 4 is 33.2 Å². The summed E-state index contributed by atoms with van der Waals surface area (Å²) in [4.78, 5) is 16.6. The van der Waals surface area contributed by atoms with Crippen LogP contribution in [0.2, 0.25) is 5.02 Å². The number of fused-ring (bicyclic) bond motifs is 1. The molecule has 142 valence electrons. The highest BCUT2D eigenvalue weighted by Gasteiger charge is 2.53. The Morgan fingerprint density at radius 3 is 2.22 bits per heavy atom. The molecule has 2 aliphatic heterocycles. The molecule has 2 aromatic carbocycles. The normalized spacial score (nSPS) is 23.7. The first-order valence-electron chi connectivity index (χ1n) is 8.86. The van der Waals surface area contributed by atoms with Crippen molar-refractivity contribution in [3.05, 3.63) is 64.2 Å². The van der Waals surface area contributed by atoms with E-state index in [4.69, 9.17) is 11.6 Å². The lowest BCUT2D eigenvalue weighted by atomic mass is 10.1. The second-order valence-corrected chi connectivity index (χ2v) is 10.1. The molecular weight excluding hydrogens is 384 g/mol. The fourth-order valence-corrected chi connectivity index (χ4v) is 6.22. The molecule has 2 fully saturated rings. The van der Waals surface area contributed by atoms with Crippen LogP contribution in [0.3, 0.4) is 0 Å². The molecule has 2 amide bonds. The molecule has 4 rings (SSSR count). The fraction of sp³-hybridized carbons (Fsp3) is 0.350. The summed E-state index contributed by atoms with van der Waals surface area (Å²) in [6.07, 6.45) is 0. The van der Waals surface area contributed by atoms with Gasteiger partial charge in [0.15, 0.2) is 9.84 Å². The van der Waals surface area contributed by atoms with E-state index in [1.54, 1.807) is 21.9 Å². The topological polar surface area (TPSA) is 57.7 Å². The van der Waals surface area contributed by atoms with Gasteiger partial charge < -0.3 is 4.90 Å². The van der Waals surface area contributed by atoms with E-state index < -0.39 is 9.84 Å². The molecule has 0 radical (unpaired) electrons. The number of halogens is 1. The molecule has 0 bridgehead atoms. The predicted molar refractivity (Wildman–Crippen MR) is 107 cm³/mol. The Morgan fingerprint density at radius 1 is 1.00 bits per heavy atom. The van der Waals surface area contributed by atoms with E-state index in [0.717, 1.165) is 22.4 Å². The minimum absolute atomic E-state index is 0.00745. The van der Waals surface area contributed by atoms with Crippen molar-refractivity contribution in [3.63, 3.8) is 0 Å². The lowest BCUT2D eigenvalue weighted by Crippen LogP contribution is -2.37. The first kappa shape index (κ1) is 18.3. The number of nitrogens with zero attached hydrogens (tertiary/aromatic N) is 2. The van der Waals surface area contributed by atoms with Crippen molar-refractivity contribution in [2.24, 2.45) is 0 Å². The highest BCUT2D eigenvalue weighted by atomic mass is 35.5. The standard InChI is InChI=1S/C20H21ClN2O3S/c1-13-7-14(2)9-17(8-13)23-19-12-27(25,26)11-18(19)22(20(23)24)10-15-3-5-16(21)6-4-15/h3-9,18-19H,10-12H2,1-2H3. The van der Waals surface area contributed by atoms with Crippen molar-refractivity contribution in [3.8, 4) is 0 Å². The van der Waals surface area contributed by atoms with Crippen molar-refractivity contribution in [1.29, 1.82) is 0 Å². The van der Waals surface area contributed by atoms with Gasteiger partial charge in [0.1, 0.15) is 0 Å². The van der Waals surface area contributed by atoms with E-state index in [1.165, 1.54) is 0 Å². The molecular formula is C20H21ClN2O3S. The van der Waals surface area contributed by atoms with Crippen LogP contribution >= 0.6 is 11.6 Å². The Morgan fingerprint density at radius 2 is 1.59 bits per heavy atom. The largest absolute Gasteiger partial charge is 0.325 e. The van der Waals surface area contributed by atoms with Gasteiger partial charge in [-0.05, 0) is 54.8 Å². The number of aryl methyl sites for hydroxylation is 2. The van der Waals surface area contributed by atoms with Crippen molar-refractivity contribution in [2.75, 3.05) is 16.4 Å². The summed E-state index contributed by atoms with van der Waals surface area (Å²) in [6, 6.07) is 12.4. The van der Waals surface area contributed by atoms with Crippen LogP contribution in [0.5, 0.6) is 0 Å². The zero-order valence-corrected chi connectivity index (χ0v) is 16.8. The monoisotopic (exact) mass is 404 g/mol. The van der Waals surface area contributed by atoms with E-state index in [1.807, 2.05) is 44.2 Å². The van der Waals surface area contributed by atoms with Gasteiger partial charge in [-0.3, -0.25) is 4.90 Å². The van der Waals surface area contributed by atoms with Gasteiger partial charge >= 0.3 is 6.03 Å². The number of amides is 2. The molecule has 7 heteroatoms. The van der Waals surface area contributed by atoms with E-state index in [0.29, 0.717) is 11.6 Å². The maximum Gasteiger partial charge on any atom is 0.325 e. The molecule has 2 atom stereocenters. The van der Waals surface area contributed by atoms with Gasteiger partial charge in [-0.25, -0.2) is 13.2 Å². The van der Waals surface area contributed by atoms with Crippen LogP contribution in [-0.2, 0) is 16.4 Å². The van der Waals surface area contributed by atoms with Gasteiger partial charge in [0.2, 0.25) is 0 Å². The zero-order chi connectivity index (χ0) is 19.3. The number of urea groups is 1. The second-order valence-electron chi connectivity index (χ2n) is 7.46. The third kappa shape index (κ3) is 3.44. The molecule has 0 aromatic heterocycles. The number of carbonyl (C=O) groups is 1. The van der Waals surface area contributed by atoms with Crippen LogP contribution in [0.4, 0.5) is 10.5 Å². The van der Waals surface area contributed by atoms with Gasteiger partial charge in [0, 0.05) is 17.3 Å². The van der Waals surface area contributed by atoms with Crippen molar-refractivity contribution < 1.29 is 13.2 Å². The Kier molecular flexibility index (Phi) is 4.43. The molecule has 2 aliphatic rings. The number of anilines is 1. The van der Waals surface area contributed by atoms with Crippen LogP contribution < -0.4 is 4.90 Å². The zero-order valence-electron chi connectivity index (χ0n) is 15.2.